The van der Waals surface area contributed by atoms with Crippen LogP contribution >= 0.6 is 15.9 Å². The van der Waals surface area contributed by atoms with Gasteiger partial charge in [0.25, 0.3) is 17.4 Å². The molecule has 0 fully saturated rings. The third-order valence-electron chi connectivity index (χ3n) is 5.01. The third kappa shape index (κ3) is 5.47. The quantitative estimate of drug-likeness (QED) is 0.370. The number of halogens is 2. The van der Waals surface area contributed by atoms with Crippen molar-refractivity contribution >= 4 is 33.4 Å². The van der Waals surface area contributed by atoms with Gasteiger partial charge in [-0.1, -0.05) is 15.9 Å². The van der Waals surface area contributed by atoms with Gasteiger partial charge in [-0.2, -0.15) is 9.78 Å². The van der Waals surface area contributed by atoms with Crippen LogP contribution in [-0.2, 0) is 0 Å². The monoisotopic (exact) mass is 551 g/mol. The van der Waals surface area contributed by atoms with E-state index in [1.54, 1.807) is 43.3 Å². The first-order chi connectivity index (χ1) is 17.2. The van der Waals surface area contributed by atoms with Crippen LogP contribution in [0.25, 0.3) is 5.69 Å². The van der Waals surface area contributed by atoms with Crippen LogP contribution in [0.15, 0.2) is 76.1 Å². The van der Waals surface area contributed by atoms with E-state index in [4.69, 9.17) is 4.74 Å². The van der Waals surface area contributed by atoms with E-state index in [9.17, 15) is 18.8 Å². The van der Waals surface area contributed by atoms with Crippen molar-refractivity contribution in [3.05, 3.63) is 104 Å². The van der Waals surface area contributed by atoms with Gasteiger partial charge in [0.15, 0.2) is 5.69 Å². The first-order valence-corrected chi connectivity index (χ1v) is 11.4. The number of amides is 2. The number of aryl methyl sites for hydroxylation is 1. The predicted molar refractivity (Wildman–Crippen MR) is 134 cm³/mol. The largest absolute Gasteiger partial charge is 0.457 e. The Kier molecular flexibility index (Phi) is 7.20. The lowest BCUT2D eigenvalue weighted by Gasteiger charge is -2.12. The molecule has 2 aromatic carbocycles. The van der Waals surface area contributed by atoms with E-state index in [2.05, 4.69) is 36.6 Å². The zero-order chi connectivity index (χ0) is 25.8. The molecule has 4 aromatic rings. The zero-order valence-corrected chi connectivity index (χ0v) is 20.7. The molecule has 0 radical (unpaired) electrons. The fraction of sp³-hybridized carbons (Fsp3) is 0.0800. The molecular formula is C25H19BrFN5O4. The summed E-state index contributed by atoms with van der Waals surface area (Å²) in [5.74, 6) is -0.687. The first-order valence-electron chi connectivity index (χ1n) is 10.6. The van der Waals surface area contributed by atoms with E-state index in [-0.39, 0.29) is 23.0 Å². The normalized spacial score (nSPS) is 10.6. The van der Waals surface area contributed by atoms with E-state index in [1.165, 1.54) is 37.5 Å². The molecule has 2 aromatic heterocycles. The summed E-state index contributed by atoms with van der Waals surface area (Å²) in [5.41, 5.74) is 0.330. The number of nitrogens with one attached hydrogen (secondary N) is 2. The molecule has 0 aliphatic rings. The molecular weight excluding hydrogens is 533 g/mol. The Hall–Kier alpha value is -4.38. The molecule has 0 atom stereocenters. The molecule has 2 N–H and O–H groups in total. The highest BCUT2D eigenvalue weighted by atomic mass is 79.9. The van der Waals surface area contributed by atoms with Crippen LogP contribution in [0, 0.1) is 12.7 Å². The zero-order valence-electron chi connectivity index (χ0n) is 19.1. The maximum absolute atomic E-state index is 14.4. The van der Waals surface area contributed by atoms with Gasteiger partial charge in [0, 0.05) is 35.5 Å². The molecule has 36 heavy (non-hydrogen) atoms. The predicted octanol–water partition coefficient (Wildman–Crippen LogP) is 4.24. The second-order valence-electron chi connectivity index (χ2n) is 7.56. The number of benzene rings is 2. The summed E-state index contributed by atoms with van der Waals surface area (Å²) in [4.78, 5) is 41.1. The molecule has 2 amide bonds. The van der Waals surface area contributed by atoms with Gasteiger partial charge in [-0.25, -0.2) is 4.39 Å². The number of ether oxygens (including phenoxy) is 1. The fourth-order valence-electron chi connectivity index (χ4n) is 3.25. The topological polar surface area (TPSA) is 115 Å². The molecule has 0 spiro atoms. The summed E-state index contributed by atoms with van der Waals surface area (Å²) < 4.78 is 21.5. The summed E-state index contributed by atoms with van der Waals surface area (Å²) in [7, 11) is 1.51. The average Bonchev–Trinajstić information content (AvgIpc) is 2.85. The molecule has 11 heteroatoms. The number of pyridine rings is 1. The van der Waals surface area contributed by atoms with Gasteiger partial charge in [0.2, 0.25) is 0 Å². The van der Waals surface area contributed by atoms with Gasteiger partial charge < -0.3 is 15.4 Å². The van der Waals surface area contributed by atoms with Crippen LogP contribution in [0.2, 0.25) is 0 Å². The molecule has 9 nitrogen and oxygen atoms in total. The van der Waals surface area contributed by atoms with Gasteiger partial charge in [0.05, 0.1) is 0 Å². The Morgan fingerprint density at radius 1 is 1.00 bits per heavy atom. The number of aromatic nitrogens is 3. The molecule has 4 rings (SSSR count). The Bertz CT molecular complexity index is 1520. The standard InChI is InChI=1S/C25H19BrFN5O4/c1-14-11-22(33)32(21-8-3-15(26)12-19(21)27)31-23(14)25(35)30-16-4-6-17(7-5-16)36-18-9-10-29-20(13-18)24(34)28-2/h3-13H,1-2H3,(H,28,34)(H,30,35). The van der Waals surface area contributed by atoms with Crippen molar-refractivity contribution in [1.29, 1.82) is 0 Å². The molecule has 0 aliphatic heterocycles. The van der Waals surface area contributed by atoms with Gasteiger partial charge in [0.1, 0.15) is 28.7 Å². The Morgan fingerprint density at radius 2 is 1.75 bits per heavy atom. The number of anilines is 1. The number of nitrogens with zero attached hydrogens (tertiary/aromatic N) is 3. The molecule has 2 heterocycles. The summed E-state index contributed by atoms with van der Waals surface area (Å²) in [5, 5.41) is 9.31. The minimum atomic E-state index is -0.665. The number of hydrogen-bond acceptors (Lipinski definition) is 6. The molecule has 0 bridgehead atoms. The van der Waals surface area contributed by atoms with Gasteiger partial charge >= 0.3 is 0 Å². The molecule has 182 valence electrons. The van der Waals surface area contributed by atoms with Crippen LogP contribution in [0.4, 0.5) is 10.1 Å². The van der Waals surface area contributed by atoms with Crippen LogP contribution < -0.4 is 20.9 Å². The van der Waals surface area contributed by atoms with Crippen molar-refractivity contribution in [1.82, 2.24) is 20.1 Å². The molecule has 0 aliphatic carbocycles. The van der Waals surface area contributed by atoms with E-state index in [0.29, 0.717) is 27.2 Å². The van der Waals surface area contributed by atoms with Crippen LogP contribution in [0.1, 0.15) is 26.5 Å². The van der Waals surface area contributed by atoms with Crippen molar-refractivity contribution in [2.24, 2.45) is 0 Å². The van der Waals surface area contributed by atoms with Crippen molar-refractivity contribution in [2.75, 3.05) is 12.4 Å². The third-order valence-corrected chi connectivity index (χ3v) is 5.51. The van der Waals surface area contributed by atoms with E-state index in [0.717, 1.165) is 4.68 Å². The Labute approximate surface area is 213 Å². The summed E-state index contributed by atoms with van der Waals surface area (Å²) in [6.07, 6.45) is 1.46. The number of rotatable bonds is 6. The molecule has 0 unspecified atom stereocenters. The summed E-state index contributed by atoms with van der Waals surface area (Å²) >= 11 is 3.17. The first kappa shape index (κ1) is 24.7. The average molecular weight is 552 g/mol. The van der Waals surface area contributed by atoms with Crippen molar-refractivity contribution in [3.8, 4) is 17.2 Å². The van der Waals surface area contributed by atoms with E-state index in [1.807, 2.05) is 0 Å². The van der Waals surface area contributed by atoms with Crippen molar-refractivity contribution in [3.63, 3.8) is 0 Å². The highest BCUT2D eigenvalue weighted by Gasteiger charge is 2.17. The lowest BCUT2D eigenvalue weighted by Crippen LogP contribution is -2.27. The minimum absolute atomic E-state index is 0.0317. The maximum Gasteiger partial charge on any atom is 0.276 e. The van der Waals surface area contributed by atoms with Crippen molar-refractivity contribution in [2.45, 2.75) is 6.92 Å². The van der Waals surface area contributed by atoms with Crippen LogP contribution in [0.3, 0.4) is 0 Å². The van der Waals surface area contributed by atoms with Crippen molar-refractivity contribution < 1.29 is 18.7 Å². The van der Waals surface area contributed by atoms with Gasteiger partial charge in [-0.15, -0.1) is 0 Å². The van der Waals surface area contributed by atoms with E-state index >= 15 is 0 Å². The lowest BCUT2D eigenvalue weighted by atomic mass is 10.2. The number of hydrogen-bond donors (Lipinski definition) is 2. The second-order valence-corrected chi connectivity index (χ2v) is 8.47. The SMILES string of the molecule is CNC(=O)c1cc(Oc2ccc(NC(=O)c3nn(-c4ccc(Br)cc4F)c(=O)cc3C)cc2)ccn1. The van der Waals surface area contributed by atoms with Crippen LogP contribution in [-0.4, -0.2) is 33.6 Å². The van der Waals surface area contributed by atoms with E-state index < -0.39 is 17.3 Å². The Balaban J connectivity index is 1.52. The highest BCUT2D eigenvalue weighted by Crippen LogP contribution is 2.24. The second kappa shape index (κ2) is 10.5. The van der Waals surface area contributed by atoms with Gasteiger partial charge in [-0.05, 0) is 61.0 Å². The highest BCUT2D eigenvalue weighted by molar-refractivity contribution is 9.10. The fourth-order valence-corrected chi connectivity index (χ4v) is 3.59. The number of carbonyl (C=O) groups excluding carboxylic acids is 2. The minimum Gasteiger partial charge on any atom is -0.457 e. The smallest absolute Gasteiger partial charge is 0.276 e. The van der Waals surface area contributed by atoms with Gasteiger partial charge in [-0.3, -0.25) is 19.4 Å². The number of carbonyl (C=O) groups is 2. The lowest BCUT2D eigenvalue weighted by molar-refractivity contribution is 0.0956. The molecule has 0 saturated heterocycles. The molecule has 0 saturated carbocycles. The van der Waals surface area contributed by atoms with Crippen LogP contribution in [0.5, 0.6) is 11.5 Å². The summed E-state index contributed by atoms with van der Waals surface area (Å²) in [6.45, 7) is 1.57. The Morgan fingerprint density at radius 3 is 2.44 bits per heavy atom. The summed E-state index contributed by atoms with van der Waals surface area (Å²) in [6, 6.07) is 15.0. The maximum atomic E-state index is 14.4.